The third-order valence-electron chi connectivity index (χ3n) is 2.77. The lowest BCUT2D eigenvalue weighted by Crippen LogP contribution is -2.30. The number of benzene rings is 1. The first kappa shape index (κ1) is 15.0. The van der Waals surface area contributed by atoms with Crippen LogP contribution >= 0.6 is 0 Å². The molecule has 0 spiro atoms. The molecule has 0 fully saturated rings. The van der Waals surface area contributed by atoms with Gasteiger partial charge in [-0.3, -0.25) is 4.79 Å². The number of aliphatic carboxylic acids is 1. The van der Waals surface area contributed by atoms with Crippen LogP contribution in [-0.2, 0) is 4.79 Å². The second kappa shape index (κ2) is 5.90. The molecule has 2 rings (SSSR count). The lowest BCUT2D eigenvalue weighted by atomic mass is 10.3. The van der Waals surface area contributed by atoms with Crippen molar-refractivity contribution in [3.63, 3.8) is 0 Å². The van der Waals surface area contributed by atoms with E-state index in [1.165, 1.54) is 0 Å². The van der Waals surface area contributed by atoms with Crippen LogP contribution in [0.15, 0.2) is 18.2 Å². The molecular formula is C14H18N2O5. The Morgan fingerprint density at radius 1 is 1.24 bits per heavy atom. The minimum atomic E-state index is -0.879. The smallest absolute Gasteiger partial charge is 0.319 e. The normalized spacial score (nSPS) is 14.6. The molecule has 114 valence electrons. The summed E-state index contributed by atoms with van der Waals surface area (Å²) >= 11 is 0. The summed E-state index contributed by atoms with van der Waals surface area (Å²) in [6.45, 7) is 3.90. The molecule has 0 radical (unpaired) electrons. The lowest BCUT2D eigenvalue weighted by Gasteiger charge is -2.16. The number of hydrogen-bond donors (Lipinski definition) is 3. The first-order chi connectivity index (χ1) is 9.85. The Labute approximate surface area is 122 Å². The van der Waals surface area contributed by atoms with Gasteiger partial charge in [-0.2, -0.15) is 0 Å². The molecule has 7 heteroatoms. The molecule has 0 bridgehead atoms. The van der Waals surface area contributed by atoms with Gasteiger partial charge in [0, 0.05) is 38.6 Å². The monoisotopic (exact) mass is 294 g/mol. The van der Waals surface area contributed by atoms with E-state index in [1.54, 1.807) is 32.0 Å². The summed E-state index contributed by atoms with van der Waals surface area (Å²) in [5, 5.41) is 13.7. The van der Waals surface area contributed by atoms with E-state index < -0.39 is 17.8 Å². The lowest BCUT2D eigenvalue weighted by molar-refractivity contribution is -0.137. The van der Waals surface area contributed by atoms with E-state index in [2.05, 4.69) is 10.6 Å². The fourth-order valence-corrected chi connectivity index (χ4v) is 1.92. The SMILES string of the molecule is CC1(C)Oc2ccc(NC(=O)NCCCC(=O)O)cc2O1. The van der Waals surface area contributed by atoms with Crippen LogP contribution in [0.2, 0.25) is 0 Å². The number of carboxylic acids is 1. The molecule has 7 nitrogen and oxygen atoms in total. The average Bonchev–Trinajstić information content (AvgIpc) is 2.67. The number of nitrogens with one attached hydrogen (secondary N) is 2. The summed E-state index contributed by atoms with van der Waals surface area (Å²) in [5.74, 6) is -0.383. The highest BCUT2D eigenvalue weighted by Gasteiger charge is 2.31. The maximum absolute atomic E-state index is 11.6. The molecule has 0 saturated carbocycles. The van der Waals surface area contributed by atoms with Crippen LogP contribution in [0.25, 0.3) is 0 Å². The number of anilines is 1. The fraction of sp³-hybridized carbons (Fsp3) is 0.429. The highest BCUT2D eigenvalue weighted by atomic mass is 16.7. The minimum Gasteiger partial charge on any atom is -0.481 e. The van der Waals surface area contributed by atoms with Crippen LogP contribution < -0.4 is 20.1 Å². The fourth-order valence-electron chi connectivity index (χ4n) is 1.92. The average molecular weight is 294 g/mol. The Morgan fingerprint density at radius 2 is 1.95 bits per heavy atom. The summed E-state index contributed by atoms with van der Waals surface area (Å²) in [4.78, 5) is 22.0. The van der Waals surface area contributed by atoms with Gasteiger partial charge in [-0.15, -0.1) is 0 Å². The van der Waals surface area contributed by atoms with E-state index in [0.29, 0.717) is 30.2 Å². The highest BCUT2D eigenvalue weighted by Crippen LogP contribution is 2.40. The van der Waals surface area contributed by atoms with Crippen molar-refractivity contribution in [1.29, 1.82) is 0 Å². The second-order valence-electron chi connectivity index (χ2n) is 5.14. The van der Waals surface area contributed by atoms with Crippen molar-refractivity contribution >= 4 is 17.7 Å². The zero-order valence-corrected chi connectivity index (χ0v) is 11.9. The number of rotatable bonds is 5. The zero-order chi connectivity index (χ0) is 15.5. The van der Waals surface area contributed by atoms with Crippen molar-refractivity contribution in [2.24, 2.45) is 0 Å². The number of hydrogen-bond acceptors (Lipinski definition) is 4. The Kier molecular flexibility index (Phi) is 4.21. The topological polar surface area (TPSA) is 96.9 Å². The van der Waals surface area contributed by atoms with E-state index in [-0.39, 0.29) is 6.42 Å². The molecule has 1 heterocycles. The maximum atomic E-state index is 11.6. The zero-order valence-electron chi connectivity index (χ0n) is 11.9. The molecule has 1 aliphatic rings. The van der Waals surface area contributed by atoms with Gasteiger partial charge in [-0.05, 0) is 18.6 Å². The van der Waals surface area contributed by atoms with Crippen LogP contribution in [0, 0.1) is 0 Å². The maximum Gasteiger partial charge on any atom is 0.319 e. The highest BCUT2D eigenvalue weighted by molar-refractivity contribution is 5.89. The first-order valence-corrected chi connectivity index (χ1v) is 6.64. The van der Waals surface area contributed by atoms with Gasteiger partial charge in [0.05, 0.1) is 0 Å². The van der Waals surface area contributed by atoms with Gasteiger partial charge in [0.15, 0.2) is 11.5 Å². The van der Waals surface area contributed by atoms with Crippen LogP contribution in [-0.4, -0.2) is 29.4 Å². The molecule has 21 heavy (non-hydrogen) atoms. The van der Waals surface area contributed by atoms with Crippen LogP contribution in [0.5, 0.6) is 11.5 Å². The number of urea groups is 1. The van der Waals surface area contributed by atoms with Crippen molar-refractivity contribution in [3.05, 3.63) is 18.2 Å². The Bertz CT molecular complexity index is 556. The molecular weight excluding hydrogens is 276 g/mol. The van der Waals surface area contributed by atoms with E-state index >= 15 is 0 Å². The number of amides is 2. The van der Waals surface area contributed by atoms with Gasteiger partial charge in [-0.25, -0.2) is 4.79 Å². The molecule has 2 amide bonds. The number of carbonyl (C=O) groups is 2. The Hall–Kier alpha value is -2.44. The van der Waals surface area contributed by atoms with Gasteiger partial charge in [0.2, 0.25) is 5.79 Å². The number of fused-ring (bicyclic) bond motifs is 1. The first-order valence-electron chi connectivity index (χ1n) is 6.64. The van der Waals surface area contributed by atoms with Crippen molar-refractivity contribution < 1.29 is 24.2 Å². The molecule has 0 unspecified atom stereocenters. The third kappa shape index (κ3) is 4.27. The molecule has 1 aliphatic heterocycles. The Balaban J connectivity index is 1.84. The van der Waals surface area contributed by atoms with Crippen LogP contribution in [0.4, 0.5) is 10.5 Å². The van der Waals surface area contributed by atoms with Gasteiger partial charge >= 0.3 is 12.0 Å². The van der Waals surface area contributed by atoms with E-state index in [1.807, 2.05) is 0 Å². The number of ether oxygens (including phenoxy) is 2. The minimum absolute atomic E-state index is 0.0272. The number of carbonyl (C=O) groups excluding carboxylic acids is 1. The standard InChI is InChI=1S/C14H18N2O5/c1-14(2)20-10-6-5-9(8-11(10)21-14)16-13(19)15-7-3-4-12(17)18/h5-6,8H,3-4,7H2,1-2H3,(H,17,18)(H2,15,16,19). The summed E-state index contributed by atoms with van der Waals surface area (Å²) < 4.78 is 11.1. The molecule has 3 N–H and O–H groups in total. The molecule has 0 atom stereocenters. The Morgan fingerprint density at radius 3 is 2.67 bits per heavy atom. The van der Waals surface area contributed by atoms with Gasteiger partial charge in [-0.1, -0.05) is 0 Å². The van der Waals surface area contributed by atoms with Crippen molar-refractivity contribution in [2.45, 2.75) is 32.5 Å². The predicted octanol–water partition coefficient (Wildman–Crippen LogP) is 2.18. The summed E-state index contributed by atoms with van der Waals surface area (Å²) in [5.41, 5.74) is 0.575. The van der Waals surface area contributed by atoms with Crippen molar-refractivity contribution in [3.8, 4) is 11.5 Å². The van der Waals surface area contributed by atoms with Gasteiger partial charge in [0.1, 0.15) is 0 Å². The summed E-state index contributed by atoms with van der Waals surface area (Å²) in [6, 6.07) is 4.73. The van der Waals surface area contributed by atoms with E-state index in [9.17, 15) is 9.59 Å². The molecule has 0 aliphatic carbocycles. The van der Waals surface area contributed by atoms with E-state index in [0.717, 1.165) is 0 Å². The molecule has 0 aromatic heterocycles. The predicted molar refractivity (Wildman–Crippen MR) is 75.7 cm³/mol. The summed E-state index contributed by atoms with van der Waals surface area (Å²) in [6.07, 6.45) is 0.414. The van der Waals surface area contributed by atoms with Crippen molar-refractivity contribution in [1.82, 2.24) is 5.32 Å². The second-order valence-corrected chi connectivity index (χ2v) is 5.14. The molecule has 1 aromatic rings. The summed E-state index contributed by atoms with van der Waals surface area (Å²) in [7, 11) is 0. The van der Waals surface area contributed by atoms with Gasteiger partial charge < -0.3 is 25.2 Å². The van der Waals surface area contributed by atoms with Crippen LogP contribution in [0.3, 0.4) is 0 Å². The van der Waals surface area contributed by atoms with Crippen molar-refractivity contribution in [2.75, 3.05) is 11.9 Å². The quantitative estimate of drug-likeness (QED) is 0.723. The largest absolute Gasteiger partial charge is 0.481 e. The number of carboxylic acid groups (broad SMARTS) is 1. The van der Waals surface area contributed by atoms with Crippen LogP contribution in [0.1, 0.15) is 26.7 Å². The molecule has 1 aromatic carbocycles. The third-order valence-corrected chi connectivity index (χ3v) is 2.77. The molecule has 0 saturated heterocycles. The van der Waals surface area contributed by atoms with Gasteiger partial charge in [0.25, 0.3) is 0 Å². The van der Waals surface area contributed by atoms with E-state index in [4.69, 9.17) is 14.6 Å².